The lowest BCUT2D eigenvalue weighted by Gasteiger charge is -2.20. The van der Waals surface area contributed by atoms with E-state index < -0.39 is 23.8 Å². The molecule has 0 saturated heterocycles. The van der Waals surface area contributed by atoms with Crippen LogP contribution < -0.4 is 10.2 Å². The van der Waals surface area contributed by atoms with Crippen molar-refractivity contribution in [3.05, 3.63) is 100 Å². The average molecular weight is 422 g/mol. The van der Waals surface area contributed by atoms with E-state index in [9.17, 15) is 14.0 Å². The first-order valence-electron chi connectivity index (χ1n) is 9.22. The zero-order valence-electron chi connectivity index (χ0n) is 16.0. The van der Waals surface area contributed by atoms with Gasteiger partial charge in [0.1, 0.15) is 5.82 Å². The number of anilines is 1. The van der Waals surface area contributed by atoms with Gasteiger partial charge in [-0.3, -0.25) is 9.59 Å². The van der Waals surface area contributed by atoms with E-state index in [0.717, 1.165) is 0 Å². The minimum Gasteiger partial charge on any atom is -0.322 e. The van der Waals surface area contributed by atoms with Gasteiger partial charge in [-0.05, 0) is 36.4 Å². The van der Waals surface area contributed by atoms with Crippen LogP contribution in [0.25, 0.3) is 0 Å². The van der Waals surface area contributed by atoms with E-state index in [1.807, 2.05) is 0 Å². The third-order valence-electron chi connectivity index (χ3n) is 4.83. The molecule has 1 unspecified atom stereocenters. The molecule has 150 valence electrons. The predicted molar refractivity (Wildman–Crippen MR) is 115 cm³/mol. The van der Waals surface area contributed by atoms with E-state index in [1.165, 1.54) is 17.0 Å². The monoisotopic (exact) mass is 421 g/mol. The number of para-hydroxylation sites is 1. The van der Waals surface area contributed by atoms with E-state index >= 15 is 0 Å². The molecule has 30 heavy (non-hydrogen) atoms. The van der Waals surface area contributed by atoms with Crippen molar-refractivity contribution >= 4 is 34.8 Å². The molecule has 0 aromatic heterocycles. The normalized spacial score (nSPS) is 15.8. The lowest BCUT2D eigenvalue weighted by atomic mass is 10.00. The molecule has 0 aliphatic carbocycles. The average Bonchev–Trinajstić information content (AvgIpc) is 2.85. The Morgan fingerprint density at radius 1 is 1.03 bits per heavy atom. The Morgan fingerprint density at radius 2 is 1.73 bits per heavy atom. The highest BCUT2D eigenvalue weighted by Crippen LogP contribution is 2.28. The molecule has 2 amide bonds. The Balaban J connectivity index is 1.81. The Hall–Kier alpha value is -3.51. The third kappa shape index (κ3) is 3.69. The summed E-state index contributed by atoms with van der Waals surface area (Å²) in [7, 11) is 1.60. The number of halogens is 2. The molecule has 0 fully saturated rings. The maximum Gasteiger partial charge on any atom is 0.272 e. The molecule has 3 aromatic rings. The van der Waals surface area contributed by atoms with Gasteiger partial charge in [0.25, 0.3) is 11.8 Å². The second-order valence-corrected chi connectivity index (χ2v) is 7.19. The van der Waals surface area contributed by atoms with E-state index in [-0.39, 0.29) is 11.3 Å². The lowest BCUT2D eigenvalue weighted by molar-refractivity contribution is -0.119. The van der Waals surface area contributed by atoms with Crippen LogP contribution in [0.5, 0.6) is 0 Å². The van der Waals surface area contributed by atoms with Crippen molar-refractivity contribution in [3.8, 4) is 0 Å². The second kappa shape index (κ2) is 8.08. The molecular weight excluding hydrogens is 405 g/mol. The molecule has 1 N–H and O–H groups in total. The van der Waals surface area contributed by atoms with Gasteiger partial charge in [0, 0.05) is 28.8 Å². The predicted octanol–water partition coefficient (Wildman–Crippen LogP) is 4.05. The number of aliphatic imine (C=N–C) groups is 1. The molecular formula is C23H17ClFN3O2. The van der Waals surface area contributed by atoms with Crippen LogP contribution in [0.1, 0.15) is 21.5 Å². The first-order valence-corrected chi connectivity index (χ1v) is 9.59. The van der Waals surface area contributed by atoms with Crippen molar-refractivity contribution in [2.45, 2.75) is 6.17 Å². The lowest BCUT2D eigenvalue weighted by Crippen LogP contribution is -2.46. The molecule has 1 heterocycles. The van der Waals surface area contributed by atoms with Crippen LogP contribution >= 0.6 is 11.6 Å². The minimum absolute atomic E-state index is 0.245. The number of benzodiazepines with no additional fused rings is 1. The molecule has 1 aliphatic heterocycles. The van der Waals surface area contributed by atoms with Crippen molar-refractivity contribution in [3.63, 3.8) is 0 Å². The minimum atomic E-state index is -1.23. The second-order valence-electron chi connectivity index (χ2n) is 6.76. The van der Waals surface area contributed by atoms with Gasteiger partial charge in [-0.2, -0.15) is 0 Å². The molecule has 5 nitrogen and oxygen atoms in total. The number of nitrogens with one attached hydrogen (secondary N) is 1. The summed E-state index contributed by atoms with van der Waals surface area (Å²) in [5, 5.41) is 3.04. The Labute approximate surface area is 177 Å². The summed E-state index contributed by atoms with van der Waals surface area (Å²) in [6, 6.07) is 19.7. The molecule has 3 aromatic carbocycles. The molecule has 1 atom stereocenters. The molecule has 0 saturated carbocycles. The third-order valence-corrected chi connectivity index (χ3v) is 5.06. The summed E-state index contributed by atoms with van der Waals surface area (Å²) in [6.45, 7) is 0. The van der Waals surface area contributed by atoms with E-state index in [4.69, 9.17) is 11.6 Å². The van der Waals surface area contributed by atoms with E-state index in [0.29, 0.717) is 21.8 Å². The fraction of sp³-hybridized carbons (Fsp3) is 0.0870. The molecule has 0 radical (unpaired) electrons. The van der Waals surface area contributed by atoms with Crippen molar-refractivity contribution in [1.29, 1.82) is 0 Å². The SMILES string of the molecule is CN1C(=O)C(NC(=O)c2cccc(Cl)c2)N=C(c2ccccc2F)c2ccccc21. The fourth-order valence-electron chi connectivity index (χ4n) is 3.32. The first kappa shape index (κ1) is 19.8. The van der Waals surface area contributed by atoms with Crippen molar-refractivity contribution in [2.24, 2.45) is 4.99 Å². The number of carbonyl (C=O) groups excluding carboxylic acids is 2. The highest BCUT2D eigenvalue weighted by molar-refractivity contribution is 6.31. The van der Waals surface area contributed by atoms with Crippen LogP contribution in [0.4, 0.5) is 10.1 Å². The van der Waals surface area contributed by atoms with Gasteiger partial charge in [0.2, 0.25) is 6.17 Å². The van der Waals surface area contributed by atoms with Crippen molar-refractivity contribution < 1.29 is 14.0 Å². The first-order chi connectivity index (χ1) is 14.5. The molecule has 1 aliphatic rings. The quantitative estimate of drug-likeness (QED) is 0.693. The zero-order chi connectivity index (χ0) is 21.3. The smallest absolute Gasteiger partial charge is 0.272 e. The van der Waals surface area contributed by atoms with Gasteiger partial charge >= 0.3 is 0 Å². The van der Waals surface area contributed by atoms with E-state index in [1.54, 1.807) is 67.7 Å². The molecule has 4 rings (SSSR count). The summed E-state index contributed by atoms with van der Waals surface area (Å²) in [5.41, 5.74) is 2.00. The Bertz CT molecular complexity index is 1180. The number of hydrogen-bond donors (Lipinski definition) is 1. The molecule has 0 spiro atoms. The number of likely N-dealkylation sites (N-methyl/N-ethyl adjacent to an activating group) is 1. The largest absolute Gasteiger partial charge is 0.322 e. The summed E-state index contributed by atoms with van der Waals surface area (Å²) in [6.07, 6.45) is -1.23. The van der Waals surface area contributed by atoms with Crippen LogP contribution in [0.15, 0.2) is 77.8 Å². The number of hydrogen-bond acceptors (Lipinski definition) is 3. The summed E-state index contributed by atoms with van der Waals surface area (Å²) in [5.74, 6) is -1.42. The van der Waals surface area contributed by atoms with Crippen LogP contribution in [0, 0.1) is 5.82 Å². The fourth-order valence-corrected chi connectivity index (χ4v) is 3.51. The number of nitrogens with zero attached hydrogens (tertiary/aromatic N) is 2. The van der Waals surface area contributed by atoms with Gasteiger partial charge in [0.15, 0.2) is 0 Å². The highest BCUT2D eigenvalue weighted by Gasteiger charge is 2.31. The van der Waals surface area contributed by atoms with Crippen LogP contribution in [0.2, 0.25) is 5.02 Å². The number of fused-ring (bicyclic) bond motifs is 1. The van der Waals surface area contributed by atoms with Crippen LogP contribution in [-0.2, 0) is 4.79 Å². The number of carbonyl (C=O) groups is 2. The Morgan fingerprint density at radius 3 is 2.47 bits per heavy atom. The number of benzene rings is 3. The molecule has 7 heteroatoms. The van der Waals surface area contributed by atoms with Gasteiger partial charge in [-0.15, -0.1) is 0 Å². The van der Waals surface area contributed by atoms with Crippen LogP contribution in [-0.4, -0.2) is 30.7 Å². The standard InChI is InChI=1S/C23H17ClFN3O2/c1-28-19-12-5-3-10-17(19)20(16-9-2-4-11-18(16)25)26-21(23(28)30)27-22(29)14-7-6-8-15(24)13-14/h2-13,21H,1H3,(H,27,29). The topological polar surface area (TPSA) is 61.8 Å². The number of rotatable bonds is 3. The van der Waals surface area contributed by atoms with Crippen LogP contribution in [0.3, 0.4) is 0 Å². The van der Waals surface area contributed by atoms with Crippen molar-refractivity contribution in [2.75, 3.05) is 11.9 Å². The van der Waals surface area contributed by atoms with Gasteiger partial charge in [0.05, 0.1) is 11.4 Å². The number of amides is 2. The summed E-state index contributed by atoms with van der Waals surface area (Å²) in [4.78, 5) is 31.7. The summed E-state index contributed by atoms with van der Waals surface area (Å²) < 4.78 is 14.6. The van der Waals surface area contributed by atoms with Gasteiger partial charge < -0.3 is 10.2 Å². The van der Waals surface area contributed by atoms with Gasteiger partial charge in [-0.1, -0.05) is 48.0 Å². The maximum atomic E-state index is 14.6. The Kier molecular flexibility index (Phi) is 5.33. The maximum absolute atomic E-state index is 14.6. The molecule has 0 bridgehead atoms. The zero-order valence-corrected chi connectivity index (χ0v) is 16.7. The van der Waals surface area contributed by atoms with E-state index in [2.05, 4.69) is 10.3 Å². The highest BCUT2D eigenvalue weighted by atomic mass is 35.5. The van der Waals surface area contributed by atoms with Gasteiger partial charge in [-0.25, -0.2) is 9.38 Å². The van der Waals surface area contributed by atoms with Crippen molar-refractivity contribution in [1.82, 2.24) is 5.32 Å². The summed E-state index contributed by atoms with van der Waals surface area (Å²) >= 11 is 5.97.